The number of nitrogens with zero attached hydrogens (tertiary/aromatic N) is 1. The second-order valence-corrected chi connectivity index (χ2v) is 7.96. The Hall–Kier alpha value is -3.22. The molecule has 3 rings (SSSR count). The lowest BCUT2D eigenvalue weighted by Gasteiger charge is -2.28. The van der Waals surface area contributed by atoms with Crippen LogP contribution in [-0.2, 0) is 16.0 Å². The third-order valence-corrected chi connectivity index (χ3v) is 5.61. The Balaban J connectivity index is 1.67. The van der Waals surface area contributed by atoms with Gasteiger partial charge in [0.15, 0.2) is 0 Å². The van der Waals surface area contributed by atoms with Gasteiger partial charge in [0.2, 0.25) is 5.91 Å². The Morgan fingerprint density at radius 1 is 0.938 bits per heavy atom. The molecule has 0 aromatic heterocycles. The second-order valence-electron chi connectivity index (χ2n) is 7.96. The highest BCUT2D eigenvalue weighted by atomic mass is 16.5. The first-order valence-corrected chi connectivity index (χ1v) is 11.0. The standard InChI is InChI=1S/C26H31N3O3/c1-29(25(30)23(28)16-13-19-8-3-2-4-9-19)24(12-7-17-27)26(31)32-22-15-14-20-10-5-6-11-21(20)18-22/h2-6,8-11,14-15,18,23-24H,7,12-13,16-17,27-28H2,1H3/t23-,24-/m0/s1. The van der Waals surface area contributed by atoms with Crippen LogP contribution in [0.4, 0.5) is 0 Å². The summed E-state index contributed by atoms with van der Waals surface area (Å²) in [5, 5.41) is 2.03. The van der Waals surface area contributed by atoms with Gasteiger partial charge in [0.1, 0.15) is 11.8 Å². The van der Waals surface area contributed by atoms with Crippen LogP contribution in [0, 0.1) is 0 Å². The van der Waals surface area contributed by atoms with Gasteiger partial charge < -0.3 is 21.1 Å². The van der Waals surface area contributed by atoms with Gasteiger partial charge in [-0.05, 0) is 60.7 Å². The lowest BCUT2D eigenvalue weighted by atomic mass is 10.0. The summed E-state index contributed by atoms with van der Waals surface area (Å²) in [4.78, 5) is 27.4. The first-order valence-electron chi connectivity index (χ1n) is 11.0. The van der Waals surface area contributed by atoms with E-state index < -0.39 is 18.1 Å². The smallest absolute Gasteiger partial charge is 0.334 e. The maximum Gasteiger partial charge on any atom is 0.334 e. The normalized spacial score (nSPS) is 12.8. The van der Waals surface area contributed by atoms with Crippen LogP contribution in [0.2, 0.25) is 0 Å². The molecular weight excluding hydrogens is 402 g/mol. The van der Waals surface area contributed by atoms with E-state index in [1.54, 1.807) is 13.1 Å². The summed E-state index contributed by atoms with van der Waals surface area (Å²) in [6, 6.07) is 21.8. The van der Waals surface area contributed by atoms with Gasteiger partial charge in [-0.1, -0.05) is 60.7 Å². The SMILES string of the molecule is CN(C(=O)[C@@H](N)CCc1ccccc1)[C@@H](CCCN)C(=O)Oc1ccc2ccccc2c1. The van der Waals surface area contributed by atoms with E-state index in [2.05, 4.69) is 0 Å². The predicted molar refractivity (Wildman–Crippen MR) is 127 cm³/mol. The molecule has 3 aromatic rings. The minimum atomic E-state index is -0.750. The minimum Gasteiger partial charge on any atom is -0.425 e. The van der Waals surface area contributed by atoms with Crippen LogP contribution in [0.5, 0.6) is 5.75 Å². The van der Waals surface area contributed by atoms with Crippen LogP contribution >= 0.6 is 0 Å². The fourth-order valence-electron chi connectivity index (χ4n) is 3.70. The van der Waals surface area contributed by atoms with Gasteiger partial charge in [-0.25, -0.2) is 4.79 Å². The molecule has 0 aliphatic heterocycles. The maximum absolute atomic E-state index is 13.0. The first-order chi connectivity index (χ1) is 15.5. The van der Waals surface area contributed by atoms with E-state index in [9.17, 15) is 9.59 Å². The molecule has 3 aromatic carbocycles. The van der Waals surface area contributed by atoms with Crippen molar-refractivity contribution in [2.24, 2.45) is 11.5 Å². The monoisotopic (exact) mass is 433 g/mol. The lowest BCUT2D eigenvalue weighted by Crippen LogP contribution is -2.50. The molecule has 6 nitrogen and oxygen atoms in total. The molecule has 0 saturated carbocycles. The molecule has 0 heterocycles. The summed E-state index contributed by atoms with van der Waals surface area (Å²) in [5.41, 5.74) is 13.0. The molecule has 0 spiro atoms. The summed E-state index contributed by atoms with van der Waals surface area (Å²) >= 11 is 0. The Labute approximate surface area is 189 Å². The van der Waals surface area contributed by atoms with Gasteiger partial charge in [-0.2, -0.15) is 0 Å². The van der Waals surface area contributed by atoms with Crippen LogP contribution in [0.3, 0.4) is 0 Å². The zero-order valence-electron chi connectivity index (χ0n) is 18.4. The molecule has 168 valence electrons. The van der Waals surface area contributed by atoms with Gasteiger partial charge >= 0.3 is 5.97 Å². The Bertz CT molecular complexity index is 1040. The van der Waals surface area contributed by atoms with E-state index in [1.807, 2.05) is 66.7 Å². The molecule has 4 N–H and O–H groups in total. The number of amides is 1. The summed E-state index contributed by atoms with van der Waals surface area (Å²) in [7, 11) is 1.60. The van der Waals surface area contributed by atoms with Crippen molar-refractivity contribution in [3.8, 4) is 5.75 Å². The third-order valence-electron chi connectivity index (χ3n) is 5.61. The van der Waals surface area contributed by atoms with E-state index in [4.69, 9.17) is 16.2 Å². The van der Waals surface area contributed by atoms with Crippen LogP contribution in [0.25, 0.3) is 10.8 Å². The van der Waals surface area contributed by atoms with Crippen molar-refractivity contribution in [1.82, 2.24) is 4.90 Å². The number of rotatable bonds is 10. The summed E-state index contributed by atoms with van der Waals surface area (Å²) in [5.74, 6) is -0.320. The molecule has 0 radical (unpaired) electrons. The minimum absolute atomic E-state index is 0.279. The molecule has 32 heavy (non-hydrogen) atoms. The number of likely N-dealkylation sites (N-methyl/N-ethyl adjacent to an activating group) is 1. The van der Waals surface area contributed by atoms with Gasteiger partial charge in [0.05, 0.1) is 6.04 Å². The topological polar surface area (TPSA) is 98.6 Å². The third kappa shape index (κ3) is 6.15. The van der Waals surface area contributed by atoms with Crippen molar-refractivity contribution in [2.45, 2.75) is 37.8 Å². The number of hydrogen-bond donors (Lipinski definition) is 2. The average Bonchev–Trinajstić information content (AvgIpc) is 2.82. The predicted octanol–water partition coefficient (Wildman–Crippen LogP) is 3.27. The van der Waals surface area contributed by atoms with Gasteiger partial charge in [-0.3, -0.25) is 4.79 Å². The summed E-state index contributed by atoms with van der Waals surface area (Å²) in [6.45, 7) is 0.418. The number of esters is 1. The number of aryl methyl sites for hydroxylation is 1. The molecular formula is C26H31N3O3. The van der Waals surface area contributed by atoms with Crippen molar-refractivity contribution >= 4 is 22.6 Å². The number of ether oxygens (including phenoxy) is 1. The molecule has 6 heteroatoms. The molecule has 1 amide bonds. The number of nitrogens with two attached hydrogens (primary N) is 2. The second kappa shape index (κ2) is 11.4. The van der Waals surface area contributed by atoms with Crippen molar-refractivity contribution in [1.29, 1.82) is 0 Å². The molecule has 0 bridgehead atoms. The van der Waals surface area contributed by atoms with E-state index in [1.165, 1.54) is 4.90 Å². The van der Waals surface area contributed by atoms with E-state index in [0.717, 1.165) is 16.3 Å². The van der Waals surface area contributed by atoms with Gasteiger partial charge in [0.25, 0.3) is 0 Å². The highest BCUT2D eigenvalue weighted by Gasteiger charge is 2.30. The highest BCUT2D eigenvalue weighted by molar-refractivity contribution is 5.89. The molecule has 2 atom stereocenters. The van der Waals surface area contributed by atoms with Gasteiger partial charge in [0, 0.05) is 7.05 Å². The highest BCUT2D eigenvalue weighted by Crippen LogP contribution is 2.22. The van der Waals surface area contributed by atoms with E-state index in [-0.39, 0.29) is 5.91 Å². The zero-order chi connectivity index (χ0) is 22.9. The summed E-state index contributed by atoms with van der Waals surface area (Å²) < 4.78 is 5.65. The largest absolute Gasteiger partial charge is 0.425 e. The number of carbonyl (C=O) groups excluding carboxylic acids is 2. The average molecular weight is 434 g/mol. The zero-order valence-corrected chi connectivity index (χ0v) is 18.4. The molecule has 0 saturated heterocycles. The molecule has 0 fully saturated rings. The van der Waals surface area contributed by atoms with Gasteiger partial charge in [-0.15, -0.1) is 0 Å². The molecule has 0 unspecified atom stereocenters. The van der Waals surface area contributed by atoms with Crippen LogP contribution in [0.1, 0.15) is 24.8 Å². The maximum atomic E-state index is 13.0. The lowest BCUT2D eigenvalue weighted by molar-refractivity contribution is -0.147. The Morgan fingerprint density at radius 3 is 2.34 bits per heavy atom. The quantitative estimate of drug-likeness (QED) is 0.378. The van der Waals surface area contributed by atoms with Crippen molar-refractivity contribution in [2.75, 3.05) is 13.6 Å². The van der Waals surface area contributed by atoms with Crippen LogP contribution in [-0.4, -0.2) is 42.5 Å². The van der Waals surface area contributed by atoms with E-state index >= 15 is 0 Å². The molecule has 0 aliphatic rings. The van der Waals surface area contributed by atoms with Crippen LogP contribution < -0.4 is 16.2 Å². The number of carbonyl (C=O) groups is 2. The fraction of sp³-hybridized carbons (Fsp3) is 0.308. The van der Waals surface area contributed by atoms with Crippen molar-refractivity contribution < 1.29 is 14.3 Å². The summed E-state index contributed by atoms with van der Waals surface area (Å²) in [6.07, 6.45) is 2.19. The van der Waals surface area contributed by atoms with Crippen LogP contribution in [0.15, 0.2) is 72.8 Å². The van der Waals surface area contributed by atoms with Crippen molar-refractivity contribution in [3.05, 3.63) is 78.4 Å². The molecule has 0 aliphatic carbocycles. The number of fused-ring (bicyclic) bond motifs is 1. The Kier molecular flexibility index (Phi) is 8.36. The fourth-order valence-corrected chi connectivity index (χ4v) is 3.70. The Morgan fingerprint density at radius 2 is 1.62 bits per heavy atom. The number of hydrogen-bond acceptors (Lipinski definition) is 5. The van der Waals surface area contributed by atoms with E-state index in [0.29, 0.717) is 38.0 Å². The first kappa shape index (κ1) is 23.4. The number of benzene rings is 3. The van der Waals surface area contributed by atoms with Crippen molar-refractivity contribution in [3.63, 3.8) is 0 Å².